The average molecular weight is 458 g/mol. The highest BCUT2D eigenvalue weighted by Gasteiger charge is 2.33. The van der Waals surface area contributed by atoms with Gasteiger partial charge in [0.25, 0.3) is 5.91 Å². The molecule has 1 saturated heterocycles. The topological polar surface area (TPSA) is 72.9 Å². The van der Waals surface area contributed by atoms with Crippen molar-refractivity contribution in [3.8, 4) is 11.5 Å². The van der Waals surface area contributed by atoms with E-state index in [1.54, 1.807) is 43.4 Å². The summed E-state index contributed by atoms with van der Waals surface area (Å²) in [5.74, 6) is 0.695. The number of halogens is 2. The Labute approximate surface area is 180 Å². The molecule has 1 atom stereocenters. The van der Waals surface area contributed by atoms with Crippen LogP contribution in [0.4, 0.5) is 0 Å². The molecule has 0 unspecified atom stereocenters. The molecule has 2 aromatic rings. The molecule has 0 radical (unpaired) electrons. The van der Waals surface area contributed by atoms with Gasteiger partial charge in [0, 0.05) is 34.3 Å². The maximum Gasteiger partial charge on any atom is 0.254 e. The molecule has 0 spiro atoms. The first-order chi connectivity index (χ1) is 13.7. The number of benzene rings is 2. The molecule has 1 aliphatic heterocycles. The van der Waals surface area contributed by atoms with Crippen LogP contribution in [-0.4, -0.2) is 50.9 Å². The van der Waals surface area contributed by atoms with E-state index in [2.05, 4.69) is 0 Å². The first kappa shape index (κ1) is 21.7. The SMILES string of the molecule is COc1cc(C(=O)N(C)[C@H]2CCS(=O)(=O)C2)ccc1OCc1ccc(Cl)cc1Cl. The largest absolute Gasteiger partial charge is 0.493 e. The second kappa shape index (κ2) is 8.81. The van der Waals surface area contributed by atoms with Crippen molar-refractivity contribution in [2.75, 3.05) is 25.7 Å². The van der Waals surface area contributed by atoms with Gasteiger partial charge in [-0.25, -0.2) is 8.42 Å². The number of rotatable bonds is 6. The standard InChI is InChI=1S/C20H21Cl2NO5S/c1-23(16-7-8-29(25,26)12-16)20(24)13-4-6-18(19(9-13)27-2)28-11-14-3-5-15(21)10-17(14)22/h3-6,9-10,16H,7-8,11-12H2,1-2H3/t16-/m0/s1. The van der Waals surface area contributed by atoms with Crippen molar-refractivity contribution in [1.29, 1.82) is 0 Å². The zero-order valence-corrected chi connectivity index (χ0v) is 18.4. The zero-order valence-electron chi connectivity index (χ0n) is 16.0. The van der Waals surface area contributed by atoms with Crippen LogP contribution in [0.2, 0.25) is 10.0 Å². The first-order valence-electron chi connectivity index (χ1n) is 8.92. The summed E-state index contributed by atoms with van der Waals surface area (Å²) in [6.07, 6.45) is 0.449. The van der Waals surface area contributed by atoms with Gasteiger partial charge in [-0.2, -0.15) is 0 Å². The molecule has 0 N–H and O–H groups in total. The Balaban J connectivity index is 1.73. The van der Waals surface area contributed by atoms with Crippen LogP contribution in [0.25, 0.3) is 0 Å². The van der Waals surface area contributed by atoms with Gasteiger partial charge in [0.05, 0.1) is 18.6 Å². The first-order valence-corrected chi connectivity index (χ1v) is 11.5. The van der Waals surface area contributed by atoms with Crippen molar-refractivity contribution in [2.45, 2.75) is 19.1 Å². The number of carbonyl (C=O) groups excluding carboxylic acids is 1. The van der Waals surface area contributed by atoms with E-state index in [1.807, 2.05) is 0 Å². The maximum atomic E-state index is 12.8. The monoisotopic (exact) mass is 457 g/mol. The zero-order chi connectivity index (χ0) is 21.2. The van der Waals surface area contributed by atoms with Crippen molar-refractivity contribution in [3.63, 3.8) is 0 Å². The minimum Gasteiger partial charge on any atom is -0.493 e. The molecule has 6 nitrogen and oxygen atoms in total. The van der Waals surface area contributed by atoms with E-state index in [-0.39, 0.29) is 30.1 Å². The van der Waals surface area contributed by atoms with E-state index in [9.17, 15) is 13.2 Å². The normalized spacial score (nSPS) is 17.7. The van der Waals surface area contributed by atoms with Gasteiger partial charge in [0.15, 0.2) is 21.3 Å². The summed E-state index contributed by atoms with van der Waals surface area (Å²) < 4.78 is 34.5. The Morgan fingerprint density at radius 1 is 1.17 bits per heavy atom. The Morgan fingerprint density at radius 2 is 1.93 bits per heavy atom. The predicted molar refractivity (Wildman–Crippen MR) is 113 cm³/mol. The van der Waals surface area contributed by atoms with E-state index in [4.69, 9.17) is 32.7 Å². The Hall–Kier alpha value is -1.96. The molecular formula is C20H21Cl2NO5S. The number of hydrogen-bond donors (Lipinski definition) is 0. The van der Waals surface area contributed by atoms with Gasteiger partial charge in [-0.05, 0) is 36.8 Å². The maximum absolute atomic E-state index is 12.8. The number of carbonyl (C=O) groups is 1. The van der Waals surface area contributed by atoms with Crippen LogP contribution in [-0.2, 0) is 16.4 Å². The molecule has 9 heteroatoms. The van der Waals surface area contributed by atoms with Gasteiger partial charge < -0.3 is 14.4 Å². The molecule has 2 aromatic carbocycles. The highest BCUT2D eigenvalue weighted by molar-refractivity contribution is 7.91. The van der Waals surface area contributed by atoms with E-state index >= 15 is 0 Å². The molecule has 1 amide bonds. The molecule has 0 bridgehead atoms. The number of amides is 1. The van der Waals surface area contributed by atoms with Gasteiger partial charge in [0.1, 0.15) is 6.61 Å². The van der Waals surface area contributed by atoms with Crippen molar-refractivity contribution in [2.24, 2.45) is 0 Å². The number of methoxy groups -OCH3 is 1. The lowest BCUT2D eigenvalue weighted by atomic mass is 10.1. The van der Waals surface area contributed by atoms with Gasteiger partial charge in [-0.15, -0.1) is 0 Å². The summed E-state index contributed by atoms with van der Waals surface area (Å²) in [6.45, 7) is 0.208. The third kappa shape index (κ3) is 5.15. The van der Waals surface area contributed by atoms with Crippen LogP contribution in [0.15, 0.2) is 36.4 Å². The second-order valence-corrected chi connectivity index (χ2v) is 9.94. The molecule has 156 valence electrons. The Bertz CT molecular complexity index is 1030. The molecule has 1 aliphatic rings. The fraction of sp³-hybridized carbons (Fsp3) is 0.350. The van der Waals surface area contributed by atoms with E-state index in [0.717, 1.165) is 5.56 Å². The van der Waals surface area contributed by atoms with Gasteiger partial charge in [0.2, 0.25) is 0 Å². The number of nitrogens with zero attached hydrogens (tertiary/aromatic N) is 1. The van der Waals surface area contributed by atoms with Crippen molar-refractivity contribution >= 4 is 38.9 Å². The Morgan fingerprint density at radius 3 is 2.55 bits per heavy atom. The number of sulfone groups is 1. The molecule has 1 fully saturated rings. The van der Waals surface area contributed by atoms with Gasteiger partial charge in [-0.3, -0.25) is 4.79 Å². The summed E-state index contributed by atoms with van der Waals surface area (Å²) in [5, 5.41) is 1.04. The summed E-state index contributed by atoms with van der Waals surface area (Å²) in [4.78, 5) is 14.3. The van der Waals surface area contributed by atoms with Crippen LogP contribution in [0.3, 0.4) is 0 Å². The third-order valence-corrected chi connectivity index (χ3v) is 7.22. The fourth-order valence-corrected chi connectivity index (χ4v) is 5.40. The van der Waals surface area contributed by atoms with Crippen LogP contribution in [0, 0.1) is 0 Å². The van der Waals surface area contributed by atoms with Gasteiger partial charge in [-0.1, -0.05) is 29.3 Å². The van der Waals surface area contributed by atoms with Gasteiger partial charge >= 0.3 is 0 Å². The summed E-state index contributed by atoms with van der Waals surface area (Å²) >= 11 is 12.1. The van der Waals surface area contributed by atoms with Crippen LogP contribution in [0.5, 0.6) is 11.5 Å². The summed E-state index contributed by atoms with van der Waals surface area (Å²) in [6, 6.07) is 9.69. The fourth-order valence-electron chi connectivity index (χ4n) is 3.16. The summed E-state index contributed by atoms with van der Waals surface area (Å²) in [5.41, 5.74) is 1.16. The quantitative estimate of drug-likeness (QED) is 0.658. The molecule has 29 heavy (non-hydrogen) atoms. The molecular weight excluding hydrogens is 437 g/mol. The third-order valence-electron chi connectivity index (χ3n) is 4.89. The average Bonchev–Trinajstić information content (AvgIpc) is 3.05. The number of hydrogen-bond acceptors (Lipinski definition) is 5. The van der Waals surface area contributed by atoms with Crippen LogP contribution >= 0.6 is 23.2 Å². The van der Waals surface area contributed by atoms with E-state index in [1.165, 1.54) is 12.0 Å². The molecule has 1 heterocycles. The lowest BCUT2D eigenvalue weighted by molar-refractivity contribution is 0.0747. The second-order valence-electron chi connectivity index (χ2n) is 6.86. The lowest BCUT2D eigenvalue weighted by Gasteiger charge is -2.24. The smallest absolute Gasteiger partial charge is 0.254 e. The molecule has 0 aliphatic carbocycles. The van der Waals surface area contributed by atoms with E-state index in [0.29, 0.717) is 33.5 Å². The Kier molecular flexibility index (Phi) is 6.61. The number of ether oxygens (including phenoxy) is 2. The highest BCUT2D eigenvalue weighted by Crippen LogP contribution is 2.31. The molecule has 3 rings (SSSR count). The van der Waals surface area contributed by atoms with Crippen LogP contribution < -0.4 is 9.47 Å². The van der Waals surface area contributed by atoms with E-state index < -0.39 is 9.84 Å². The molecule has 0 aromatic heterocycles. The minimum atomic E-state index is -3.07. The highest BCUT2D eigenvalue weighted by atomic mass is 35.5. The minimum absolute atomic E-state index is 0.00454. The van der Waals surface area contributed by atoms with Crippen molar-refractivity contribution in [1.82, 2.24) is 4.90 Å². The summed E-state index contributed by atoms with van der Waals surface area (Å²) in [7, 11) is 0.0301. The lowest BCUT2D eigenvalue weighted by Crippen LogP contribution is -2.37. The van der Waals surface area contributed by atoms with Crippen LogP contribution in [0.1, 0.15) is 22.3 Å². The predicted octanol–water partition coefficient (Wildman–Crippen LogP) is 3.84. The molecule has 0 saturated carbocycles. The van der Waals surface area contributed by atoms with Crippen molar-refractivity contribution < 1.29 is 22.7 Å². The van der Waals surface area contributed by atoms with Crippen molar-refractivity contribution in [3.05, 3.63) is 57.6 Å².